The number of ether oxygens (including phenoxy) is 1. The van der Waals surface area contributed by atoms with Gasteiger partial charge in [0.25, 0.3) is 6.21 Å². The Morgan fingerprint density at radius 1 is 1.14 bits per heavy atom. The highest BCUT2D eigenvalue weighted by Crippen LogP contribution is 2.30. The van der Waals surface area contributed by atoms with Crippen LogP contribution in [0.2, 0.25) is 0 Å². The topological polar surface area (TPSA) is 45.6 Å². The second kappa shape index (κ2) is 6.26. The minimum Gasteiger partial charge on any atom is -0.497 e. The Labute approximate surface area is 129 Å². The fraction of sp³-hybridized carbons (Fsp3) is 0.312. The molecule has 0 unspecified atom stereocenters. The van der Waals surface area contributed by atoms with Gasteiger partial charge in [-0.15, -0.1) is 0 Å². The van der Waals surface area contributed by atoms with Crippen molar-refractivity contribution in [3.63, 3.8) is 0 Å². The third-order valence-electron chi connectivity index (χ3n) is 2.82. The number of furan rings is 1. The second-order valence-corrected chi connectivity index (χ2v) is 6.66. The summed E-state index contributed by atoms with van der Waals surface area (Å²) in [5.74, 6) is 1.44. The molecule has 2 aromatic rings. The summed E-state index contributed by atoms with van der Waals surface area (Å²) in [7, 11) is 1.65. The van der Waals surface area contributed by atoms with Gasteiger partial charge >= 0.3 is 0 Å². The molecule has 0 aliphatic rings. The lowest BCUT2D eigenvalue weighted by molar-refractivity contribution is -0.816. The first-order valence-corrected chi connectivity index (χ1v) is 7.45. The minimum atomic E-state index is -0.365. The van der Waals surface area contributed by atoms with E-state index in [1.54, 1.807) is 13.3 Å². The Morgan fingerprint density at radius 2 is 1.81 bits per heavy atom. The zero-order chi connectivity index (χ0) is 15.5. The van der Waals surface area contributed by atoms with Crippen LogP contribution in [-0.2, 0) is 0 Å². The van der Waals surface area contributed by atoms with Crippen molar-refractivity contribution in [2.75, 3.05) is 7.11 Å². The van der Waals surface area contributed by atoms with Crippen molar-refractivity contribution in [1.82, 2.24) is 0 Å². The molecule has 1 aromatic heterocycles. The van der Waals surface area contributed by atoms with Crippen LogP contribution < -0.4 is 4.74 Å². The predicted octanol–water partition coefficient (Wildman–Crippen LogP) is 4.06. The van der Waals surface area contributed by atoms with Crippen LogP contribution in [0.15, 0.2) is 50.8 Å². The highest BCUT2D eigenvalue weighted by Gasteiger charge is 2.24. The van der Waals surface area contributed by atoms with E-state index in [1.807, 2.05) is 57.2 Å². The van der Waals surface area contributed by atoms with Crippen molar-refractivity contribution < 1.29 is 19.1 Å². The van der Waals surface area contributed by atoms with Crippen molar-refractivity contribution in [1.29, 1.82) is 0 Å². The molecular formula is C16H20NO3S+. The summed E-state index contributed by atoms with van der Waals surface area (Å²) in [5, 5.41) is 10.7. The zero-order valence-corrected chi connectivity index (χ0v) is 13.5. The molecule has 0 saturated carbocycles. The van der Waals surface area contributed by atoms with Crippen molar-refractivity contribution in [3.05, 3.63) is 42.2 Å². The fourth-order valence-electron chi connectivity index (χ4n) is 1.53. The normalized spacial score (nSPS) is 12.5. The molecule has 0 fully saturated rings. The first-order chi connectivity index (χ1) is 9.88. The lowest BCUT2D eigenvalue weighted by Gasteiger charge is -2.08. The highest BCUT2D eigenvalue weighted by atomic mass is 32.2. The maximum absolute atomic E-state index is 9.89. The van der Waals surface area contributed by atoms with Gasteiger partial charge in [-0.05, 0) is 41.1 Å². The molecular weight excluding hydrogens is 286 g/mol. The summed E-state index contributed by atoms with van der Waals surface area (Å²) >= 11 is 1.52. The molecule has 0 bridgehead atoms. The van der Waals surface area contributed by atoms with Crippen molar-refractivity contribution in [3.8, 4) is 5.75 Å². The van der Waals surface area contributed by atoms with E-state index in [9.17, 15) is 5.21 Å². The number of hydroxylamine groups is 1. The molecule has 0 radical (unpaired) electrons. The smallest absolute Gasteiger partial charge is 0.258 e. The lowest BCUT2D eigenvalue weighted by atomic mass is 10.1. The summed E-state index contributed by atoms with van der Waals surface area (Å²) in [6, 6.07) is 11.5. The molecule has 0 aliphatic carbocycles. The average Bonchev–Trinajstić information content (AvgIpc) is 2.86. The third-order valence-corrected chi connectivity index (χ3v) is 3.75. The van der Waals surface area contributed by atoms with Gasteiger partial charge in [-0.3, -0.25) is 5.21 Å². The number of nitrogens with zero attached hydrogens (tertiary/aromatic N) is 1. The molecule has 4 nitrogen and oxygen atoms in total. The van der Waals surface area contributed by atoms with Crippen LogP contribution >= 0.6 is 11.8 Å². The van der Waals surface area contributed by atoms with Gasteiger partial charge in [0.15, 0.2) is 10.9 Å². The van der Waals surface area contributed by atoms with Gasteiger partial charge in [0.1, 0.15) is 5.75 Å². The summed E-state index contributed by atoms with van der Waals surface area (Å²) in [5.41, 5.74) is -0.365. The summed E-state index contributed by atoms with van der Waals surface area (Å²) in [6.45, 7) is 5.75. The van der Waals surface area contributed by atoms with Crippen LogP contribution in [0.1, 0.15) is 26.5 Å². The van der Waals surface area contributed by atoms with Crippen LogP contribution in [0.5, 0.6) is 5.75 Å². The Balaban J connectivity index is 2.09. The Hall–Kier alpha value is -1.88. The number of rotatable bonds is 4. The van der Waals surface area contributed by atoms with Gasteiger partial charge < -0.3 is 9.15 Å². The van der Waals surface area contributed by atoms with E-state index >= 15 is 0 Å². The van der Waals surface area contributed by atoms with Gasteiger partial charge in [-0.2, -0.15) is 0 Å². The van der Waals surface area contributed by atoms with Gasteiger partial charge in [-0.1, -0.05) is 11.8 Å². The Morgan fingerprint density at radius 3 is 2.38 bits per heavy atom. The molecule has 1 aromatic carbocycles. The van der Waals surface area contributed by atoms with Crippen molar-refractivity contribution >= 4 is 18.0 Å². The fourth-order valence-corrected chi connectivity index (χ4v) is 2.31. The highest BCUT2D eigenvalue weighted by molar-refractivity contribution is 7.99. The molecule has 2 rings (SSSR count). The van der Waals surface area contributed by atoms with Crippen LogP contribution in [-0.4, -0.2) is 28.8 Å². The molecule has 112 valence electrons. The molecule has 1 N–H and O–H groups in total. The Kier molecular flexibility index (Phi) is 4.63. The molecule has 0 spiro atoms. The Bertz CT molecular complexity index is 624. The summed E-state index contributed by atoms with van der Waals surface area (Å²) in [4.78, 5) is 1.06. The van der Waals surface area contributed by atoms with E-state index in [-0.39, 0.29) is 5.54 Å². The average molecular weight is 306 g/mol. The maximum atomic E-state index is 9.89. The molecule has 0 saturated heterocycles. The monoisotopic (exact) mass is 306 g/mol. The summed E-state index contributed by atoms with van der Waals surface area (Å²) < 4.78 is 12.0. The van der Waals surface area contributed by atoms with Gasteiger partial charge in [0, 0.05) is 25.7 Å². The molecule has 1 heterocycles. The van der Waals surface area contributed by atoms with Crippen molar-refractivity contribution in [2.24, 2.45) is 0 Å². The largest absolute Gasteiger partial charge is 0.497 e. The van der Waals surface area contributed by atoms with Gasteiger partial charge in [-0.25, -0.2) is 0 Å². The van der Waals surface area contributed by atoms with Crippen LogP contribution in [0, 0.1) is 0 Å². The molecule has 0 aliphatic heterocycles. The number of benzene rings is 1. The molecule has 21 heavy (non-hydrogen) atoms. The van der Waals surface area contributed by atoms with E-state index in [2.05, 4.69) is 0 Å². The first-order valence-electron chi connectivity index (χ1n) is 6.63. The quantitative estimate of drug-likeness (QED) is 0.400. The first kappa shape index (κ1) is 15.5. The summed E-state index contributed by atoms with van der Waals surface area (Å²) in [6.07, 6.45) is 1.58. The number of methoxy groups -OCH3 is 1. The lowest BCUT2D eigenvalue weighted by Crippen LogP contribution is -2.31. The van der Waals surface area contributed by atoms with Crippen LogP contribution in [0.3, 0.4) is 0 Å². The maximum Gasteiger partial charge on any atom is 0.258 e. The van der Waals surface area contributed by atoms with Crippen LogP contribution in [0.4, 0.5) is 0 Å². The standard InChI is InChI=1S/C16H20NO3S/c1-16(2,3)17(18)11-13-7-10-15(20-13)21-14-8-5-12(19-4)6-9-14/h5-11,18H,1-4H3/q+1/b17-11-. The van der Waals surface area contributed by atoms with Crippen LogP contribution in [0.25, 0.3) is 0 Å². The number of hydrogen-bond acceptors (Lipinski definition) is 4. The zero-order valence-electron chi connectivity index (χ0n) is 12.7. The van der Waals surface area contributed by atoms with E-state index < -0.39 is 0 Å². The SMILES string of the molecule is COc1ccc(Sc2ccc(/C=[N+](\O)C(C)(C)C)o2)cc1. The molecule has 5 heteroatoms. The van der Waals surface area contributed by atoms with E-state index in [0.717, 1.165) is 20.5 Å². The van der Waals surface area contributed by atoms with E-state index in [1.165, 1.54) is 11.8 Å². The molecule has 0 amide bonds. The second-order valence-electron chi connectivity index (χ2n) is 5.58. The third kappa shape index (κ3) is 4.29. The minimum absolute atomic E-state index is 0.365. The van der Waals surface area contributed by atoms with Crippen molar-refractivity contribution in [2.45, 2.75) is 36.3 Å². The van der Waals surface area contributed by atoms with E-state index in [4.69, 9.17) is 9.15 Å². The van der Waals surface area contributed by atoms with Gasteiger partial charge in [0.05, 0.1) is 7.11 Å². The molecule has 0 atom stereocenters. The van der Waals surface area contributed by atoms with Gasteiger partial charge in [0.2, 0.25) is 5.54 Å². The number of hydrogen-bond donors (Lipinski definition) is 1. The van der Waals surface area contributed by atoms with E-state index in [0.29, 0.717) is 5.76 Å². The predicted molar refractivity (Wildman–Crippen MR) is 82.8 cm³/mol.